The topological polar surface area (TPSA) is 15.8 Å². The van der Waals surface area contributed by atoms with Gasteiger partial charge in [0.25, 0.3) is 0 Å². The number of H-pyrrole nitrogens is 1. The summed E-state index contributed by atoms with van der Waals surface area (Å²) in [6.45, 7) is 6.21. The van der Waals surface area contributed by atoms with Gasteiger partial charge in [0.05, 0.1) is 0 Å². The zero-order valence-corrected chi connectivity index (χ0v) is 9.30. The number of fused-ring (bicyclic) bond motifs is 1. The van der Waals surface area contributed by atoms with Crippen LogP contribution in [0.1, 0.15) is 32.8 Å². The summed E-state index contributed by atoms with van der Waals surface area (Å²) >= 11 is 0. The summed E-state index contributed by atoms with van der Waals surface area (Å²) in [5, 5.41) is 1.32. The average molecular weight is 189 g/mol. The van der Waals surface area contributed by atoms with Gasteiger partial charge in [0.1, 0.15) is 0 Å². The standard InChI is InChI=1S/C11H13N.C2H6/c1-2-3-9-4-5-11-10(8-9)6-7-12-11;1-2/h4-8,12H,2-3H2,1H3;1-2H3. The number of benzene rings is 1. The van der Waals surface area contributed by atoms with Gasteiger partial charge in [0.2, 0.25) is 0 Å². The normalized spacial score (nSPS) is 9.64. The first-order valence-electron chi connectivity index (χ1n) is 5.46. The van der Waals surface area contributed by atoms with Gasteiger partial charge in [0.15, 0.2) is 0 Å². The molecular formula is C13H19N. The number of aryl methyl sites for hydroxylation is 1. The first-order chi connectivity index (χ1) is 6.90. The van der Waals surface area contributed by atoms with E-state index in [2.05, 4.69) is 36.2 Å². The predicted molar refractivity (Wildman–Crippen MR) is 63.6 cm³/mol. The van der Waals surface area contributed by atoms with Crippen molar-refractivity contribution in [2.45, 2.75) is 33.6 Å². The summed E-state index contributed by atoms with van der Waals surface area (Å²) in [5.74, 6) is 0. The summed E-state index contributed by atoms with van der Waals surface area (Å²) in [5.41, 5.74) is 2.67. The fraction of sp³-hybridized carbons (Fsp3) is 0.385. The molecule has 0 aliphatic carbocycles. The van der Waals surface area contributed by atoms with E-state index in [0.717, 1.165) is 0 Å². The molecule has 1 nitrogen and oxygen atoms in total. The minimum atomic E-state index is 1.18. The second-order valence-corrected chi connectivity index (χ2v) is 3.15. The minimum Gasteiger partial charge on any atom is -0.361 e. The van der Waals surface area contributed by atoms with E-state index in [1.54, 1.807) is 0 Å². The van der Waals surface area contributed by atoms with Crippen molar-refractivity contribution in [2.75, 3.05) is 0 Å². The van der Waals surface area contributed by atoms with Gasteiger partial charge in [-0.25, -0.2) is 0 Å². The average Bonchev–Trinajstić information content (AvgIpc) is 2.68. The second-order valence-electron chi connectivity index (χ2n) is 3.15. The van der Waals surface area contributed by atoms with Crippen molar-refractivity contribution >= 4 is 10.9 Å². The monoisotopic (exact) mass is 189 g/mol. The number of aromatic amines is 1. The van der Waals surface area contributed by atoms with Crippen molar-refractivity contribution < 1.29 is 0 Å². The molecule has 76 valence electrons. The van der Waals surface area contributed by atoms with Crippen LogP contribution in [-0.4, -0.2) is 4.98 Å². The van der Waals surface area contributed by atoms with Crippen molar-refractivity contribution in [3.8, 4) is 0 Å². The first-order valence-corrected chi connectivity index (χ1v) is 5.46. The van der Waals surface area contributed by atoms with Crippen LogP contribution in [-0.2, 0) is 6.42 Å². The molecule has 1 heterocycles. The van der Waals surface area contributed by atoms with Crippen molar-refractivity contribution in [1.29, 1.82) is 0 Å². The molecule has 0 aliphatic heterocycles. The molecule has 1 N–H and O–H groups in total. The van der Waals surface area contributed by atoms with Gasteiger partial charge in [-0.05, 0) is 35.6 Å². The molecule has 0 saturated heterocycles. The lowest BCUT2D eigenvalue weighted by Crippen LogP contribution is -1.81. The Labute approximate surface area is 86.2 Å². The smallest absolute Gasteiger partial charge is 0.0454 e. The van der Waals surface area contributed by atoms with Gasteiger partial charge in [-0.2, -0.15) is 0 Å². The molecule has 0 radical (unpaired) electrons. The molecule has 14 heavy (non-hydrogen) atoms. The van der Waals surface area contributed by atoms with Crippen molar-refractivity contribution in [2.24, 2.45) is 0 Å². The van der Waals surface area contributed by atoms with Crippen molar-refractivity contribution in [1.82, 2.24) is 4.98 Å². The Bertz CT molecular complexity index is 373. The first kappa shape index (κ1) is 10.8. The van der Waals surface area contributed by atoms with Crippen LogP contribution in [0.2, 0.25) is 0 Å². The summed E-state index contributed by atoms with van der Waals surface area (Å²) in [7, 11) is 0. The number of hydrogen-bond acceptors (Lipinski definition) is 0. The zero-order chi connectivity index (χ0) is 10.4. The molecule has 0 bridgehead atoms. The lowest BCUT2D eigenvalue weighted by atomic mass is 10.1. The highest BCUT2D eigenvalue weighted by atomic mass is 14.7. The molecule has 0 amide bonds. The quantitative estimate of drug-likeness (QED) is 0.730. The fourth-order valence-electron chi connectivity index (χ4n) is 1.55. The zero-order valence-electron chi connectivity index (χ0n) is 9.30. The lowest BCUT2D eigenvalue weighted by molar-refractivity contribution is 0.924. The van der Waals surface area contributed by atoms with Gasteiger partial charge in [0, 0.05) is 11.7 Å². The van der Waals surface area contributed by atoms with E-state index in [4.69, 9.17) is 0 Å². The van der Waals surface area contributed by atoms with Crippen LogP contribution < -0.4 is 0 Å². The Morgan fingerprint density at radius 1 is 1.14 bits per heavy atom. The maximum absolute atomic E-state index is 3.19. The van der Waals surface area contributed by atoms with Gasteiger partial charge in [-0.1, -0.05) is 33.3 Å². The van der Waals surface area contributed by atoms with Gasteiger partial charge in [-0.3, -0.25) is 0 Å². The Morgan fingerprint density at radius 2 is 1.93 bits per heavy atom. The second kappa shape index (κ2) is 5.48. The van der Waals surface area contributed by atoms with Crippen molar-refractivity contribution in [3.05, 3.63) is 36.0 Å². The fourth-order valence-corrected chi connectivity index (χ4v) is 1.55. The van der Waals surface area contributed by atoms with Crippen LogP contribution >= 0.6 is 0 Å². The van der Waals surface area contributed by atoms with Gasteiger partial charge >= 0.3 is 0 Å². The van der Waals surface area contributed by atoms with Crippen LogP contribution in [0.3, 0.4) is 0 Å². The highest BCUT2D eigenvalue weighted by molar-refractivity contribution is 5.79. The maximum Gasteiger partial charge on any atom is 0.0454 e. The Hall–Kier alpha value is -1.24. The van der Waals surface area contributed by atoms with E-state index in [1.807, 2.05) is 20.0 Å². The van der Waals surface area contributed by atoms with E-state index >= 15 is 0 Å². The number of nitrogens with one attached hydrogen (secondary N) is 1. The number of aromatic nitrogens is 1. The van der Waals surface area contributed by atoms with Crippen molar-refractivity contribution in [3.63, 3.8) is 0 Å². The molecule has 2 aromatic rings. The largest absolute Gasteiger partial charge is 0.361 e. The Balaban J connectivity index is 0.000000461. The summed E-state index contributed by atoms with van der Waals surface area (Å²) in [6, 6.07) is 8.73. The van der Waals surface area contributed by atoms with Crippen LogP contribution in [0.15, 0.2) is 30.5 Å². The van der Waals surface area contributed by atoms with Crippen LogP contribution in [0.4, 0.5) is 0 Å². The maximum atomic E-state index is 3.19. The molecule has 0 unspecified atom stereocenters. The van der Waals surface area contributed by atoms with Crippen LogP contribution in [0.25, 0.3) is 10.9 Å². The van der Waals surface area contributed by atoms with E-state index in [1.165, 1.54) is 29.3 Å². The van der Waals surface area contributed by atoms with Gasteiger partial charge < -0.3 is 4.98 Å². The summed E-state index contributed by atoms with van der Waals surface area (Å²) in [4.78, 5) is 3.19. The molecule has 1 heteroatoms. The molecule has 0 atom stereocenters. The number of hydrogen-bond donors (Lipinski definition) is 1. The van der Waals surface area contributed by atoms with E-state index < -0.39 is 0 Å². The molecular weight excluding hydrogens is 170 g/mol. The Kier molecular flexibility index (Phi) is 4.24. The number of rotatable bonds is 2. The molecule has 0 saturated carbocycles. The molecule has 1 aromatic heterocycles. The van der Waals surface area contributed by atoms with Gasteiger partial charge in [-0.15, -0.1) is 0 Å². The third kappa shape index (κ3) is 2.38. The highest BCUT2D eigenvalue weighted by Gasteiger charge is 1.95. The molecule has 0 fully saturated rings. The summed E-state index contributed by atoms with van der Waals surface area (Å²) in [6.07, 6.45) is 4.39. The molecule has 0 spiro atoms. The van der Waals surface area contributed by atoms with E-state index in [-0.39, 0.29) is 0 Å². The van der Waals surface area contributed by atoms with E-state index in [9.17, 15) is 0 Å². The minimum absolute atomic E-state index is 1.18. The third-order valence-electron chi connectivity index (χ3n) is 2.16. The molecule has 1 aromatic carbocycles. The Morgan fingerprint density at radius 3 is 2.64 bits per heavy atom. The third-order valence-corrected chi connectivity index (χ3v) is 2.16. The van der Waals surface area contributed by atoms with E-state index in [0.29, 0.717) is 0 Å². The van der Waals surface area contributed by atoms with Crippen LogP contribution in [0, 0.1) is 0 Å². The lowest BCUT2D eigenvalue weighted by Gasteiger charge is -1.97. The predicted octanol–water partition coefficient (Wildman–Crippen LogP) is 4.15. The van der Waals surface area contributed by atoms with Crippen LogP contribution in [0.5, 0.6) is 0 Å². The molecule has 2 rings (SSSR count). The highest BCUT2D eigenvalue weighted by Crippen LogP contribution is 2.14. The summed E-state index contributed by atoms with van der Waals surface area (Å²) < 4.78 is 0. The SMILES string of the molecule is CC.CCCc1ccc2[nH]ccc2c1. The molecule has 0 aliphatic rings.